The summed E-state index contributed by atoms with van der Waals surface area (Å²) in [5.74, 6) is 0.964. The van der Waals surface area contributed by atoms with E-state index in [0.29, 0.717) is 41.8 Å². The topological polar surface area (TPSA) is 89.0 Å². The first-order chi connectivity index (χ1) is 17.0. The first-order valence-corrected chi connectivity index (χ1v) is 13.5. The summed E-state index contributed by atoms with van der Waals surface area (Å²) < 4.78 is 41.2. The van der Waals surface area contributed by atoms with E-state index in [4.69, 9.17) is 9.47 Å². The lowest BCUT2D eigenvalue weighted by Gasteiger charge is -2.30. The maximum absolute atomic E-state index is 14.0. The van der Waals surface area contributed by atoms with Crippen molar-refractivity contribution in [3.05, 3.63) is 60.4 Å². The van der Waals surface area contributed by atoms with Crippen LogP contribution >= 0.6 is 0 Å². The smallest absolute Gasteiger partial charge is 0.410 e. The normalized spacial score (nSPS) is 17.6. The van der Waals surface area contributed by atoms with Crippen molar-refractivity contribution in [3.8, 4) is 11.5 Å². The molecule has 192 valence electrons. The van der Waals surface area contributed by atoms with Gasteiger partial charge in [-0.15, -0.1) is 0 Å². The molecule has 0 spiro atoms. The van der Waals surface area contributed by atoms with Gasteiger partial charge in [-0.2, -0.15) is 4.31 Å². The molecular formula is C27H33N3O5S. The molecule has 1 saturated heterocycles. The second-order valence-corrected chi connectivity index (χ2v) is 12.0. The molecule has 1 aromatic heterocycles. The highest BCUT2D eigenvalue weighted by Crippen LogP contribution is 2.36. The number of hydrogen-bond donors (Lipinski definition) is 0. The number of pyridine rings is 1. The lowest BCUT2D eigenvalue weighted by molar-refractivity contribution is 0.0244. The van der Waals surface area contributed by atoms with Crippen LogP contribution in [0.1, 0.15) is 39.7 Å². The van der Waals surface area contributed by atoms with Crippen molar-refractivity contribution in [3.63, 3.8) is 0 Å². The third kappa shape index (κ3) is 5.63. The fourth-order valence-corrected chi connectivity index (χ4v) is 6.20. The first-order valence-electron chi connectivity index (χ1n) is 12.1. The van der Waals surface area contributed by atoms with Crippen molar-refractivity contribution in [2.45, 2.75) is 57.6 Å². The molecule has 0 bridgehead atoms. The monoisotopic (exact) mass is 511 g/mol. The number of aromatic nitrogens is 1. The number of amides is 1. The van der Waals surface area contributed by atoms with Crippen LogP contribution in [0.4, 0.5) is 4.79 Å². The van der Waals surface area contributed by atoms with Gasteiger partial charge >= 0.3 is 6.09 Å². The Morgan fingerprint density at radius 2 is 1.78 bits per heavy atom. The molecule has 1 aliphatic rings. The van der Waals surface area contributed by atoms with Gasteiger partial charge in [-0.3, -0.25) is 4.98 Å². The van der Waals surface area contributed by atoms with Gasteiger partial charge in [-0.1, -0.05) is 29.8 Å². The van der Waals surface area contributed by atoms with E-state index in [1.54, 1.807) is 23.2 Å². The van der Waals surface area contributed by atoms with Crippen LogP contribution in [0.2, 0.25) is 0 Å². The summed E-state index contributed by atoms with van der Waals surface area (Å²) >= 11 is 0. The van der Waals surface area contributed by atoms with Gasteiger partial charge in [0.2, 0.25) is 10.0 Å². The second kappa shape index (κ2) is 10.1. The van der Waals surface area contributed by atoms with E-state index < -0.39 is 27.8 Å². The molecular weight excluding hydrogens is 478 g/mol. The minimum Gasteiger partial charge on any atom is -0.455 e. The average molecular weight is 512 g/mol. The number of ether oxygens (including phenoxy) is 2. The minimum absolute atomic E-state index is 0.155. The number of rotatable bonds is 4. The number of carbonyl (C=O) groups is 1. The number of benzene rings is 2. The SMILES string of the molecule is Cc1ccc(Oc2cncc3cccc(S(=O)(=O)N4CCCN(C(=O)OC(C)(C)C)C[C@@H]4C)c23)cc1. The molecule has 2 aromatic carbocycles. The Balaban J connectivity index is 1.68. The summed E-state index contributed by atoms with van der Waals surface area (Å²) in [5.41, 5.74) is 0.473. The standard InChI is InChI=1S/C27H33N3O5S/c1-19-10-12-22(13-11-19)34-23-17-28-16-21-8-6-9-24(25(21)23)36(32,33)30-15-7-14-29(18-20(30)2)26(31)35-27(3,4)5/h6,8-13,16-17,20H,7,14-15,18H2,1-5H3/t20-/m0/s1. The van der Waals surface area contributed by atoms with Crippen LogP contribution in [-0.2, 0) is 14.8 Å². The third-order valence-electron chi connectivity index (χ3n) is 5.98. The van der Waals surface area contributed by atoms with Gasteiger partial charge in [0.25, 0.3) is 0 Å². The molecule has 2 heterocycles. The van der Waals surface area contributed by atoms with Crippen LogP contribution in [0.25, 0.3) is 10.8 Å². The zero-order valence-corrected chi connectivity index (χ0v) is 22.2. The number of nitrogens with zero attached hydrogens (tertiary/aromatic N) is 3. The Bertz CT molecular complexity index is 1340. The number of sulfonamides is 1. The molecule has 8 nitrogen and oxygen atoms in total. The molecule has 1 fully saturated rings. The van der Waals surface area contributed by atoms with Crippen LogP contribution in [0, 0.1) is 6.92 Å². The lowest BCUT2D eigenvalue weighted by Crippen LogP contribution is -2.45. The summed E-state index contributed by atoms with van der Waals surface area (Å²) in [4.78, 5) is 18.7. The molecule has 9 heteroatoms. The van der Waals surface area contributed by atoms with Crippen molar-refractivity contribution in [1.82, 2.24) is 14.2 Å². The summed E-state index contributed by atoms with van der Waals surface area (Å²) in [5, 5.41) is 1.15. The van der Waals surface area contributed by atoms with Crippen LogP contribution in [0.15, 0.2) is 59.8 Å². The van der Waals surface area contributed by atoms with E-state index in [-0.39, 0.29) is 11.4 Å². The Morgan fingerprint density at radius 1 is 1.06 bits per heavy atom. The molecule has 1 amide bonds. The molecule has 0 aliphatic carbocycles. The van der Waals surface area contributed by atoms with E-state index in [0.717, 1.165) is 5.56 Å². The van der Waals surface area contributed by atoms with Crippen LogP contribution in [0.5, 0.6) is 11.5 Å². The Hall–Kier alpha value is -3.17. The Labute approximate surface area is 212 Å². The van der Waals surface area contributed by atoms with E-state index in [9.17, 15) is 13.2 Å². The molecule has 36 heavy (non-hydrogen) atoms. The van der Waals surface area contributed by atoms with Crippen molar-refractivity contribution >= 4 is 26.9 Å². The predicted octanol–water partition coefficient (Wildman–Crippen LogP) is 5.36. The molecule has 0 radical (unpaired) electrons. The number of hydrogen-bond acceptors (Lipinski definition) is 6. The molecule has 0 unspecified atom stereocenters. The zero-order chi connectivity index (χ0) is 26.1. The summed E-state index contributed by atoms with van der Waals surface area (Å²) in [6.07, 6.45) is 3.24. The molecule has 0 saturated carbocycles. The molecule has 1 aliphatic heterocycles. The van der Waals surface area contributed by atoms with E-state index in [1.165, 1.54) is 10.5 Å². The maximum atomic E-state index is 14.0. The third-order valence-corrected chi connectivity index (χ3v) is 8.04. The van der Waals surface area contributed by atoms with Crippen molar-refractivity contribution < 1.29 is 22.7 Å². The van der Waals surface area contributed by atoms with Gasteiger partial charge in [-0.25, -0.2) is 13.2 Å². The van der Waals surface area contributed by atoms with Crippen LogP contribution < -0.4 is 4.74 Å². The highest BCUT2D eigenvalue weighted by molar-refractivity contribution is 7.89. The van der Waals surface area contributed by atoms with Gasteiger partial charge in [0, 0.05) is 42.6 Å². The van der Waals surface area contributed by atoms with Gasteiger partial charge in [-0.05, 0) is 59.2 Å². The van der Waals surface area contributed by atoms with Crippen LogP contribution in [0.3, 0.4) is 0 Å². The second-order valence-electron chi connectivity index (χ2n) is 10.2. The van der Waals surface area contributed by atoms with Gasteiger partial charge in [0.15, 0.2) is 5.75 Å². The molecule has 3 aromatic rings. The predicted molar refractivity (Wildman–Crippen MR) is 139 cm³/mol. The van der Waals surface area contributed by atoms with Gasteiger partial charge in [0.05, 0.1) is 11.1 Å². The Kier molecular flexibility index (Phi) is 7.24. The van der Waals surface area contributed by atoms with E-state index >= 15 is 0 Å². The van der Waals surface area contributed by atoms with E-state index in [2.05, 4.69) is 4.98 Å². The zero-order valence-electron chi connectivity index (χ0n) is 21.4. The van der Waals surface area contributed by atoms with Crippen LogP contribution in [-0.4, -0.2) is 60.0 Å². The highest BCUT2D eigenvalue weighted by Gasteiger charge is 2.35. The first kappa shape index (κ1) is 25.9. The van der Waals surface area contributed by atoms with Crippen molar-refractivity contribution in [2.24, 2.45) is 0 Å². The van der Waals surface area contributed by atoms with Gasteiger partial charge in [0.1, 0.15) is 11.4 Å². The number of carbonyl (C=O) groups excluding carboxylic acids is 1. The molecule has 4 rings (SSSR count). The lowest BCUT2D eigenvalue weighted by atomic mass is 10.1. The quantitative estimate of drug-likeness (QED) is 0.469. The summed E-state index contributed by atoms with van der Waals surface area (Å²) in [6, 6.07) is 12.2. The van der Waals surface area contributed by atoms with Crippen molar-refractivity contribution in [2.75, 3.05) is 19.6 Å². The Morgan fingerprint density at radius 3 is 2.47 bits per heavy atom. The average Bonchev–Trinajstić information content (AvgIpc) is 3.01. The summed E-state index contributed by atoms with van der Waals surface area (Å²) in [7, 11) is -3.92. The summed E-state index contributed by atoms with van der Waals surface area (Å²) in [6.45, 7) is 10.2. The largest absolute Gasteiger partial charge is 0.455 e. The molecule has 0 N–H and O–H groups in total. The van der Waals surface area contributed by atoms with Crippen molar-refractivity contribution in [1.29, 1.82) is 0 Å². The molecule has 1 atom stereocenters. The maximum Gasteiger partial charge on any atom is 0.410 e. The van der Waals surface area contributed by atoms with E-state index in [1.807, 2.05) is 65.0 Å². The minimum atomic E-state index is -3.92. The fraction of sp³-hybridized carbons (Fsp3) is 0.407. The fourth-order valence-electron chi connectivity index (χ4n) is 4.31. The highest BCUT2D eigenvalue weighted by atomic mass is 32.2. The number of aryl methyl sites for hydroxylation is 1. The van der Waals surface area contributed by atoms with Gasteiger partial charge < -0.3 is 14.4 Å². The number of fused-ring (bicyclic) bond motifs is 1.